The van der Waals surface area contributed by atoms with Crippen LogP contribution in [-0.4, -0.2) is 62.8 Å². The molecule has 0 bridgehead atoms. The minimum Gasteiger partial charge on any atom is -0.480 e. The van der Waals surface area contributed by atoms with Crippen molar-refractivity contribution in [3.05, 3.63) is 30.9 Å². The lowest BCUT2D eigenvalue weighted by Gasteiger charge is -2.23. The van der Waals surface area contributed by atoms with Crippen molar-refractivity contribution in [2.45, 2.75) is 12.5 Å². The number of carbonyl (C=O) groups excluding carboxylic acids is 1. The minimum atomic E-state index is -1.14. The summed E-state index contributed by atoms with van der Waals surface area (Å²) in [5.41, 5.74) is 0.607. The molecular formula is C12H18N4O4. The lowest BCUT2D eigenvalue weighted by atomic mass is 10.1. The number of carbonyl (C=O) groups is 2. The van der Waals surface area contributed by atoms with E-state index in [2.05, 4.69) is 21.9 Å². The third kappa shape index (κ3) is 4.73. The molecule has 8 nitrogen and oxygen atoms in total. The van der Waals surface area contributed by atoms with Crippen molar-refractivity contribution in [1.82, 2.24) is 20.2 Å². The predicted octanol–water partition coefficient (Wildman–Crippen LogP) is -0.405. The van der Waals surface area contributed by atoms with E-state index in [0.717, 1.165) is 0 Å². The van der Waals surface area contributed by atoms with E-state index in [1.54, 1.807) is 0 Å². The van der Waals surface area contributed by atoms with Crippen molar-refractivity contribution in [2.75, 3.05) is 19.7 Å². The van der Waals surface area contributed by atoms with Crippen LogP contribution in [0.25, 0.3) is 0 Å². The van der Waals surface area contributed by atoms with Gasteiger partial charge in [-0.3, -0.25) is 0 Å². The molecule has 0 fully saturated rings. The molecule has 0 radical (unpaired) electrons. The van der Waals surface area contributed by atoms with Crippen LogP contribution < -0.4 is 5.32 Å². The Bertz CT molecular complexity index is 446. The molecule has 20 heavy (non-hydrogen) atoms. The number of carboxylic acids is 1. The molecule has 110 valence electrons. The predicted molar refractivity (Wildman–Crippen MR) is 71.1 cm³/mol. The first kappa shape index (κ1) is 15.7. The fourth-order valence-corrected chi connectivity index (χ4v) is 1.61. The van der Waals surface area contributed by atoms with Gasteiger partial charge in [-0.2, -0.15) is 0 Å². The summed E-state index contributed by atoms with van der Waals surface area (Å²) in [4.78, 5) is 30.9. The summed E-state index contributed by atoms with van der Waals surface area (Å²) in [7, 11) is 0. The summed E-state index contributed by atoms with van der Waals surface area (Å²) in [6.07, 6.45) is 4.53. The summed E-state index contributed by atoms with van der Waals surface area (Å²) in [5, 5.41) is 20.4. The van der Waals surface area contributed by atoms with Crippen molar-refractivity contribution >= 4 is 12.0 Å². The van der Waals surface area contributed by atoms with Crippen LogP contribution in [0.1, 0.15) is 5.69 Å². The van der Waals surface area contributed by atoms with Crippen molar-refractivity contribution < 1.29 is 19.8 Å². The van der Waals surface area contributed by atoms with Crippen LogP contribution in [-0.2, 0) is 11.2 Å². The Kier molecular flexibility index (Phi) is 6.24. The first-order chi connectivity index (χ1) is 9.58. The number of aliphatic carboxylic acids is 1. The van der Waals surface area contributed by atoms with E-state index in [-0.39, 0.29) is 26.1 Å². The van der Waals surface area contributed by atoms with Gasteiger partial charge < -0.3 is 25.4 Å². The van der Waals surface area contributed by atoms with Crippen LogP contribution in [0.15, 0.2) is 25.2 Å². The summed E-state index contributed by atoms with van der Waals surface area (Å²) >= 11 is 0. The summed E-state index contributed by atoms with van der Waals surface area (Å²) in [6.45, 7) is 3.63. The molecule has 0 aliphatic rings. The Morgan fingerprint density at radius 1 is 1.60 bits per heavy atom. The Morgan fingerprint density at radius 2 is 2.35 bits per heavy atom. The SMILES string of the molecule is C=CCN(CCO)C(=O)NC(Cc1cnc[nH]1)C(=O)O. The van der Waals surface area contributed by atoms with Gasteiger partial charge in [0.15, 0.2) is 0 Å². The first-order valence-electron chi connectivity index (χ1n) is 6.05. The Morgan fingerprint density at radius 3 is 2.85 bits per heavy atom. The number of carboxylic acid groups (broad SMARTS) is 1. The quantitative estimate of drug-likeness (QED) is 0.484. The van der Waals surface area contributed by atoms with Gasteiger partial charge in [0.05, 0.1) is 12.9 Å². The van der Waals surface area contributed by atoms with Crippen LogP contribution in [0.4, 0.5) is 4.79 Å². The van der Waals surface area contributed by atoms with E-state index in [4.69, 9.17) is 10.2 Å². The molecule has 1 rings (SSSR count). The minimum absolute atomic E-state index is 0.0993. The third-order valence-corrected chi connectivity index (χ3v) is 2.58. The summed E-state index contributed by atoms with van der Waals surface area (Å²) < 4.78 is 0. The number of rotatable bonds is 8. The number of imidazole rings is 1. The number of hydrogen-bond donors (Lipinski definition) is 4. The number of aromatic nitrogens is 2. The fraction of sp³-hybridized carbons (Fsp3) is 0.417. The van der Waals surface area contributed by atoms with E-state index in [1.807, 2.05) is 0 Å². The van der Waals surface area contributed by atoms with Crippen LogP contribution in [0.5, 0.6) is 0 Å². The molecule has 0 saturated heterocycles. The maximum atomic E-state index is 11.9. The molecule has 1 atom stereocenters. The van der Waals surface area contributed by atoms with E-state index < -0.39 is 18.0 Å². The van der Waals surface area contributed by atoms with Crippen LogP contribution in [0.3, 0.4) is 0 Å². The lowest BCUT2D eigenvalue weighted by Crippen LogP contribution is -2.49. The van der Waals surface area contributed by atoms with Gasteiger partial charge in [0.1, 0.15) is 6.04 Å². The van der Waals surface area contributed by atoms with Gasteiger partial charge in [-0.25, -0.2) is 14.6 Å². The standard InChI is InChI=1S/C12H18N4O4/c1-2-3-16(4-5-17)12(20)15-10(11(18)19)6-9-7-13-8-14-9/h2,7-8,10,17H,1,3-6H2,(H,13,14)(H,15,20)(H,18,19). The molecule has 0 saturated carbocycles. The Labute approximate surface area is 116 Å². The van der Waals surface area contributed by atoms with Crippen LogP contribution in [0.2, 0.25) is 0 Å². The van der Waals surface area contributed by atoms with E-state index >= 15 is 0 Å². The lowest BCUT2D eigenvalue weighted by molar-refractivity contribution is -0.139. The number of nitrogens with zero attached hydrogens (tertiary/aromatic N) is 2. The number of urea groups is 1. The van der Waals surface area contributed by atoms with Crippen LogP contribution in [0, 0.1) is 0 Å². The van der Waals surface area contributed by atoms with Crippen molar-refractivity contribution in [3.63, 3.8) is 0 Å². The Balaban J connectivity index is 2.66. The molecule has 1 aromatic heterocycles. The maximum Gasteiger partial charge on any atom is 0.326 e. The highest BCUT2D eigenvalue weighted by molar-refractivity contribution is 5.82. The molecule has 2 amide bonds. The number of amides is 2. The fourth-order valence-electron chi connectivity index (χ4n) is 1.61. The second-order valence-electron chi connectivity index (χ2n) is 4.08. The molecule has 0 aliphatic heterocycles. The normalized spacial score (nSPS) is 11.7. The molecule has 0 spiro atoms. The van der Waals surface area contributed by atoms with Gasteiger partial charge in [-0.1, -0.05) is 6.08 Å². The molecule has 0 aromatic carbocycles. The van der Waals surface area contributed by atoms with Crippen molar-refractivity contribution in [1.29, 1.82) is 0 Å². The number of nitrogens with one attached hydrogen (secondary N) is 2. The van der Waals surface area contributed by atoms with E-state index in [1.165, 1.54) is 23.5 Å². The van der Waals surface area contributed by atoms with Gasteiger partial charge in [0.2, 0.25) is 0 Å². The molecule has 1 aromatic rings. The zero-order chi connectivity index (χ0) is 15.0. The molecule has 1 heterocycles. The summed E-state index contributed by atoms with van der Waals surface area (Å²) in [6, 6.07) is -1.64. The van der Waals surface area contributed by atoms with Gasteiger partial charge in [-0.15, -0.1) is 6.58 Å². The maximum absolute atomic E-state index is 11.9. The zero-order valence-electron chi connectivity index (χ0n) is 11.0. The first-order valence-corrected chi connectivity index (χ1v) is 6.05. The largest absolute Gasteiger partial charge is 0.480 e. The second kappa shape index (κ2) is 7.95. The van der Waals surface area contributed by atoms with Gasteiger partial charge in [0, 0.05) is 31.4 Å². The van der Waals surface area contributed by atoms with Gasteiger partial charge in [-0.05, 0) is 0 Å². The Hall–Kier alpha value is -2.35. The zero-order valence-corrected chi connectivity index (χ0v) is 11.0. The monoisotopic (exact) mass is 282 g/mol. The molecule has 4 N–H and O–H groups in total. The number of H-pyrrole nitrogens is 1. The number of hydrogen-bond acceptors (Lipinski definition) is 4. The second-order valence-corrected chi connectivity index (χ2v) is 4.08. The summed E-state index contributed by atoms with van der Waals surface area (Å²) in [5.74, 6) is -1.14. The highest BCUT2D eigenvalue weighted by atomic mass is 16.4. The number of aliphatic hydroxyl groups is 1. The molecule has 8 heteroatoms. The van der Waals surface area contributed by atoms with E-state index in [0.29, 0.717) is 5.69 Å². The third-order valence-electron chi connectivity index (χ3n) is 2.58. The van der Waals surface area contributed by atoms with Gasteiger partial charge in [0.25, 0.3) is 0 Å². The van der Waals surface area contributed by atoms with Crippen LogP contribution >= 0.6 is 0 Å². The molecular weight excluding hydrogens is 264 g/mol. The van der Waals surface area contributed by atoms with E-state index in [9.17, 15) is 9.59 Å². The van der Waals surface area contributed by atoms with Crippen molar-refractivity contribution in [3.8, 4) is 0 Å². The molecule has 1 unspecified atom stereocenters. The topological polar surface area (TPSA) is 119 Å². The highest BCUT2D eigenvalue weighted by Crippen LogP contribution is 2.00. The highest BCUT2D eigenvalue weighted by Gasteiger charge is 2.23. The van der Waals surface area contributed by atoms with Gasteiger partial charge >= 0.3 is 12.0 Å². The number of aromatic amines is 1. The number of aliphatic hydroxyl groups excluding tert-OH is 1. The average molecular weight is 282 g/mol. The smallest absolute Gasteiger partial charge is 0.326 e. The average Bonchev–Trinajstić information content (AvgIpc) is 2.90. The van der Waals surface area contributed by atoms with Crippen molar-refractivity contribution in [2.24, 2.45) is 0 Å². The molecule has 0 aliphatic carbocycles.